The van der Waals surface area contributed by atoms with E-state index in [-0.39, 0.29) is 5.41 Å². The Morgan fingerprint density at radius 2 is 1.02 bits per heavy atom. The summed E-state index contributed by atoms with van der Waals surface area (Å²) in [6.45, 7) is 4.68. The molecular formula is C38H27N3. The minimum Gasteiger partial charge on any atom is -0.294 e. The third-order valence-corrected chi connectivity index (χ3v) is 9.12. The van der Waals surface area contributed by atoms with Gasteiger partial charge in [0.25, 0.3) is 0 Å². The van der Waals surface area contributed by atoms with E-state index < -0.39 is 0 Å². The molecule has 1 aliphatic carbocycles. The van der Waals surface area contributed by atoms with E-state index in [1.165, 1.54) is 54.8 Å². The molecule has 0 saturated heterocycles. The van der Waals surface area contributed by atoms with E-state index in [1.807, 2.05) is 0 Å². The zero-order valence-electron chi connectivity index (χ0n) is 23.0. The Kier molecular flexibility index (Phi) is 4.39. The summed E-state index contributed by atoms with van der Waals surface area (Å²) >= 11 is 0. The van der Waals surface area contributed by atoms with E-state index in [4.69, 9.17) is 4.98 Å². The molecule has 0 amide bonds. The number of para-hydroxylation sites is 3. The fraction of sp³-hybridized carbons (Fsp3) is 0.0789. The minimum absolute atomic E-state index is 0.0683. The second-order valence-electron chi connectivity index (χ2n) is 11.7. The van der Waals surface area contributed by atoms with Crippen LogP contribution in [-0.4, -0.2) is 14.1 Å². The number of fused-ring (bicyclic) bond motifs is 9. The van der Waals surface area contributed by atoms with E-state index in [0.717, 1.165) is 22.7 Å². The third kappa shape index (κ3) is 2.95. The first-order chi connectivity index (χ1) is 20.1. The van der Waals surface area contributed by atoms with E-state index >= 15 is 0 Å². The van der Waals surface area contributed by atoms with Crippen LogP contribution in [0.3, 0.4) is 0 Å². The predicted molar refractivity (Wildman–Crippen MR) is 170 cm³/mol. The van der Waals surface area contributed by atoms with Gasteiger partial charge in [-0.3, -0.25) is 9.13 Å². The van der Waals surface area contributed by atoms with Crippen LogP contribution in [0.15, 0.2) is 127 Å². The highest BCUT2D eigenvalue weighted by molar-refractivity contribution is 6.16. The number of rotatable bonds is 2. The van der Waals surface area contributed by atoms with Crippen LogP contribution >= 0.6 is 0 Å². The van der Waals surface area contributed by atoms with Crippen LogP contribution in [-0.2, 0) is 5.41 Å². The van der Waals surface area contributed by atoms with Gasteiger partial charge in [-0.05, 0) is 64.7 Å². The smallest absolute Gasteiger partial charge is 0.148 e. The monoisotopic (exact) mass is 525 g/mol. The lowest BCUT2D eigenvalue weighted by atomic mass is 9.82. The van der Waals surface area contributed by atoms with Gasteiger partial charge in [0.05, 0.1) is 11.0 Å². The lowest BCUT2D eigenvalue weighted by molar-refractivity contribution is 0.660. The molecular weight excluding hydrogens is 498 g/mol. The molecule has 3 heteroatoms. The van der Waals surface area contributed by atoms with E-state index in [9.17, 15) is 0 Å². The van der Waals surface area contributed by atoms with E-state index in [0.29, 0.717) is 0 Å². The number of benzene rings is 5. The molecule has 1 aliphatic rings. The fourth-order valence-corrected chi connectivity index (χ4v) is 7.18. The van der Waals surface area contributed by atoms with Gasteiger partial charge in [0.1, 0.15) is 11.3 Å². The molecule has 3 heterocycles. The Bertz CT molecular complexity index is 2330. The van der Waals surface area contributed by atoms with Gasteiger partial charge in [-0.1, -0.05) is 98.8 Å². The summed E-state index contributed by atoms with van der Waals surface area (Å²) in [6.07, 6.45) is 0. The maximum absolute atomic E-state index is 5.50. The first-order valence-electron chi connectivity index (χ1n) is 14.2. The van der Waals surface area contributed by atoms with Gasteiger partial charge < -0.3 is 0 Å². The summed E-state index contributed by atoms with van der Waals surface area (Å²) < 4.78 is 4.66. The molecule has 0 aliphatic heterocycles. The van der Waals surface area contributed by atoms with Gasteiger partial charge in [0.2, 0.25) is 0 Å². The van der Waals surface area contributed by atoms with Crippen molar-refractivity contribution in [2.75, 3.05) is 0 Å². The molecule has 0 unspecified atom stereocenters. The number of aromatic nitrogens is 3. The molecule has 0 fully saturated rings. The topological polar surface area (TPSA) is 22.8 Å². The summed E-state index contributed by atoms with van der Waals surface area (Å²) in [7, 11) is 0. The van der Waals surface area contributed by atoms with Gasteiger partial charge in [-0.25, -0.2) is 4.98 Å². The Morgan fingerprint density at radius 1 is 0.463 bits per heavy atom. The van der Waals surface area contributed by atoms with Crippen LogP contribution < -0.4 is 0 Å². The molecule has 0 saturated carbocycles. The number of hydrogen-bond donors (Lipinski definition) is 0. The summed E-state index contributed by atoms with van der Waals surface area (Å²) in [4.78, 5) is 5.50. The van der Waals surface area contributed by atoms with Crippen molar-refractivity contribution < 1.29 is 0 Å². The molecule has 8 aromatic rings. The van der Waals surface area contributed by atoms with Crippen molar-refractivity contribution in [2.45, 2.75) is 19.3 Å². The van der Waals surface area contributed by atoms with Crippen LogP contribution in [0, 0.1) is 0 Å². The second-order valence-corrected chi connectivity index (χ2v) is 11.7. The van der Waals surface area contributed by atoms with Crippen LogP contribution in [0.5, 0.6) is 0 Å². The van der Waals surface area contributed by atoms with Crippen molar-refractivity contribution >= 4 is 43.9 Å². The molecule has 0 radical (unpaired) electrons. The quantitative estimate of drug-likeness (QED) is 0.220. The van der Waals surface area contributed by atoms with Crippen molar-refractivity contribution in [1.82, 2.24) is 14.1 Å². The average molecular weight is 526 g/mol. The summed E-state index contributed by atoms with van der Waals surface area (Å²) in [6, 6.07) is 46.1. The number of nitrogens with zero attached hydrogens (tertiary/aromatic N) is 3. The second kappa shape index (κ2) is 7.96. The average Bonchev–Trinajstić information content (AvgIpc) is 3.60. The highest BCUT2D eigenvalue weighted by atomic mass is 15.1. The zero-order valence-corrected chi connectivity index (χ0v) is 23.0. The Morgan fingerprint density at radius 3 is 1.73 bits per heavy atom. The first-order valence-corrected chi connectivity index (χ1v) is 14.2. The largest absolute Gasteiger partial charge is 0.294 e. The van der Waals surface area contributed by atoms with Crippen LogP contribution in [0.1, 0.15) is 25.0 Å². The highest BCUT2D eigenvalue weighted by Crippen LogP contribution is 2.49. The van der Waals surface area contributed by atoms with Gasteiger partial charge >= 0.3 is 0 Å². The maximum atomic E-state index is 5.50. The molecule has 0 atom stereocenters. The summed E-state index contributed by atoms with van der Waals surface area (Å²) in [5, 5.41) is 4.78. The minimum atomic E-state index is -0.0683. The molecule has 194 valence electrons. The molecule has 0 spiro atoms. The van der Waals surface area contributed by atoms with Crippen molar-refractivity contribution in [3.05, 3.63) is 139 Å². The number of pyridine rings is 1. The Balaban J connectivity index is 1.39. The lowest BCUT2D eigenvalue weighted by Crippen LogP contribution is -2.15. The van der Waals surface area contributed by atoms with Crippen LogP contribution in [0.4, 0.5) is 0 Å². The SMILES string of the molecule is CC1(C)c2ccccc2-c2ccc(-n3c4ccccc4c4cc5c6ccccc6n(-c6ccccc6)c5nc43)cc21. The normalized spacial score (nSPS) is 13.8. The standard InChI is InChI=1S/C38H27N3/c1-38(2)32-17-9-6-14-26(32)27-21-20-25(22-33(27)38)41-35-19-11-8-16-29(35)31-23-30-28-15-7-10-18-34(28)40(36(30)39-37(31)41)24-12-4-3-5-13-24/h3-23H,1-2H3. The van der Waals surface area contributed by atoms with Gasteiger partial charge in [-0.2, -0.15) is 0 Å². The van der Waals surface area contributed by atoms with Crippen molar-refractivity contribution in [3.63, 3.8) is 0 Å². The van der Waals surface area contributed by atoms with Crippen LogP contribution in [0.25, 0.3) is 66.4 Å². The summed E-state index contributed by atoms with van der Waals surface area (Å²) in [5.74, 6) is 0. The van der Waals surface area contributed by atoms with E-state index in [2.05, 4.69) is 150 Å². The summed E-state index contributed by atoms with van der Waals surface area (Å²) in [5.41, 5.74) is 11.9. The molecule has 3 nitrogen and oxygen atoms in total. The fourth-order valence-electron chi connectivity index (χ4n) is 7.18. The highest BCUT2D eigenvalue weighted by Gasteiger charge is 2.35. The molecule has 9 rings (SSSR count). The van der Waals surface area contributed by atoms with Gasteiger partial charge in [0, 0.05) is 38.3 Å². The number of hydrogen-bond acceptors (Lipinski definition) is 1. The van der Waals surface area contributed by atoms with Gasteiger partial charge in [0.15, 0.2) is 0 Å². The van der Waals surface area contributed by atoms with Gasteiger partial charge in [-0.15, -0.1) is 0 Å². The van der Waals surface area contributed by atoms with Crippen molar-refractivity contribution in [2.24, 2.45) is 0 Å². The molecule has 0 N–H and O–H groups in total. The van der Waals surface area contributed by atoms with Crippen molar-refractivity contribution in [1.29, 1.82) is 0 Å². The lowest BCUT2D eigenvalue weighted by Gasteiger charge is -2.22. The Hall–Kier alpha value is -5.15. The first kappa shape index (κ1) is 22.6. The Labute approximate surface area is 237 Å². The van der Waals surface area contributed by atoms with Crippen molar-refractivity contribution in [3.8, 4) is 22.5 Å². The third-order valence-electron chi connectivity index (χ3n) is 9.12. The predicted octanol–water partition coefficient (Wildman–Crippen LogP) is 9.58. The molecule has 41 heavy (non-hydrogen) atoms. The maximum Gasteiger partial charge on any atom is 0.148 e. The molecule has 5 aromatic carbocycles. The van der Waals surface area contributed by atoms with E-state index in [1.54, 1.807) is 0 Å². The zero-order chi connectivity index (χ0) is 27.3. The van der Waals surface area contributed by atoms with Crippen LogP contribution in [0.2, 0.25) is 0 Å². The molecule has 0 bridgehead atoms. The molecule has 3 aromatic heterocycles.